The lowest BCUT2D eigenvalue weighted by Gasteiger charge is -2.33. The van der Waals surface area contributed by atoms with Gasteiger partial charge < -0.3 is 105 Å². The van der Waals surface area contributed by atoms with Gasteiger partial charge in [0.2, 0.25) is 76.8 Å². The van der Waals surface area contributed by atoms with Crippen LogP contribution in [-0.4, -0.2) is 253 Å². The summed E-state index contributed by atoms with van der Waals surface area (Å²) in [6.45, 7) is 3.60. The minimum atomic E-state index is -1.88. The van der Waals surface area contributed by atoms with Gasteiger partial charge in [0.05, 0.1) is 19.3 Å². The van der Waals surface area contributed by atoms with Crippen LogP contribution < -0.4 is 64.6 Å². The molecule has 2 aliphatic heterocycles. The molecule has 2 fully saturated rings. The lowest BCUT2D eigenvalue weighted by molar-refractivity contribution is -0.144. The van der Waals surface area contributed by atoms with Crippen LogP contribution in [0, 0.1) is 11.3 Å². The number of aromatic nitrogens is 1. The number of primary amides is 1. The number of nitrogens with two attached hydrogens (primary N) is 2. The average Bonchev–Trinajstić information content (AvgIpc) is 1.55. The summed E-state index contributed by atoms with van der Waals surface area (Å²) in [5.41, 5.74) is 13.0. The first-order valence-corrected chi connectivity index (χ1v) is 39.8. The molecule has 8 rings (SSSR count). The van der Waals surface area contributed by atoms with E-state index in [0.29, 0.717) is 34.6 Å². The summed E-state index contributed by atoms with van der Waals surface area (Å²) in [6, 6.07) is 14.5. The molecule has 0 radical (unpaired) electrons. The second kappa shape index (κ2) is 44.6. The number of phenolic OH excluding ortho intramolecular Hbond substituents is 1. The predicted molar refractivity (Wildman–Crippen MR) is 433 cm³/mol. The van der Waals surface area contributed by atoms with E-state index >= 15 is 24.0 Å². The number of hydrogen-bond donors (Lipinski definition) is 18. The van der Waals surface area contributed by atoms with E-state index in [1.165, 1.54) is 60.4 Å². The van der Waals surface area contributed by atoms with Crippen molar-refractivity contribution < 1.29 is 87.9 Å². The van der Waals surface area contributed by atoms with Gasteiger partial charge in [-0.15, -0.1) is 0 Å². The molecule has 0 spiro atoms. The number of carbonyl (C=O) groups excluding carboxylic acids is 13. The Balaban J connectivity index is 1.06. The van der Waals surface area contributed by atoms with Crippen LogP contribution in [-0.2, 0) is 88.0 Å². The van der Waals surface area contributed by atoms with Crippen LogP contribution in [0.2, 0.25) is 5.02 Å². The molecular weight excluding hydrogens is 1550 g/mol. The standard InChI is InChI=1S/C82H108ClN17O18/c1-46(2)35-59(74(111)93-58(17-10-32-89-82(85)86)81(118)100-34-11-18-63(100)77(114)91-47(3)71(84)108)94-73(110)57(16-7-8-31-88-68(105)44-90-72(109)54-41-66(103)70(107)67(104)42-54)92-78(115)64(39-49-23-28-56(102)29-24-49)98(4)80(117)62(45-101)97-76(113)61(38-51-13-9-30-87-43-51)95-75(112)60(37-48-21-26-55(83)27-22-48)96-79(116)65(99-33-12-19-69(99)106)40-50-20-25-52-14-5-6-15-53(52)36-50/h5-6,9,13-15,20-30,36,41,43,46-47,57-67,70,101-104,107H,7-8,10-12,16-19,31-35,37-40,42,44-45H2,1-4H3,(H2,84,108)(H,88,105)(H,90,109)(H,91,114)(H,92,115)(H,93,111)(H,94,110)(H,95,112)(H,96,116)(H,97,113)(H4,85,86,89). The Hall–Kier alpha value is -11.7. The molecule has 35 nitrogen and oxygen atoms in total. The molecule has 636 valence electrons. The number of fused-ring (bicyclic) bond motifs is 1. The minimum absolute atomic E-state index is 0.0396. The fourth-order valence-corrected chi connectivity index (χ4v) is 14.4. The minimum Gasteiger partial charge on any atom is -0.508 e. The smallest absolute Gasteiger partial charge is 0.247 e. The van der Waals surface area contributed by atoms with Gasteiger partial charge in [0, 0.05) is 94.7 Å². The summed E-state index contributed by atoms with van der Waals surface area (Å²) >= 11 is 6.30. The van der Waals surface area contributed by atoms with Crippen molar-refractivity contribution in [2.75, 3.05) is 46.4 Å². The molecule has 3 aliphatic rings. The van der Waals surface area contributed by atoms with E-state index in [2.05, 4.69) is 58.2 Å². The molecule has 20 N–H and O–H groups in total. The average molecular weight is 1660 g/mol. The number of rotatable bonds is 42. The third-order valence-electron chi connectivity index (χ3n) is 20.8. The first kappa shape index (κ1) is 91.9. The molecule has 13 unspecified atom stereocenters. The number of aliphatic hydroxyl groups is 4. The summed E-state index contributed by atoms with van der Waals surface area (Å²) in [4.78, 5) is 193. The van der Waals surface area contributed by atoms with Crippen LogP contribution >= 0.6 is 11.6 Å². The van der Waals surface area contributed by atoms with Crippen molar-refractivity contribution in [1.29, 1.82) is 5.41 Å². The predicted octanol–water partition coefficient (Wildman–Crippen LogP) is -1.31. The Morgan fingerprint density at radius 3 is 1.87 bits per heavy atom. The van der Waals surface area contributed by atoms with E-state index < -0.39 is 163 Å². The fraction of sp³-hybridized carbons (Fsp3) is 0.476. The zero-order valence-corrected chi connectivity index (χ0v) is 67.1. The first-order chi connectivity index (χ1) is 56.3. The lowest BCUT2D eigenvalue weighted by atomic mass is 9.92. The number of phenols is 1. The van der Waals surface area contributed by atoms with Crippen LogP contribution in [0.5, 0.6) is 5.75 Å². The summed E-state index contributed by atoms with van der Waals surface area (Å²) in [5, 5.41) is 88.3. The molecule has 3 heterocycles. The van der Waals surface area contributed by atoms with Crippen molar-refractivity contribution in [2.45, 2.75) is 196 Å². The molecule has 1 aliphatic carbocycles. The normalized spacial score (nSPS) is 18.1. The second-order valence-electron chi connectivity index (χ2n) is 30.3. The van der Waals surface area contributed by atoms with Gasteiger partial charge in [-0.25, -0.2) is 0 Å². The van der Waals surface area contributed by atoms with Gasteiger partial charge in [0.25, 0.3) is 0 Å². The summed E-state index contributed by atoms with van der Waals surface area (Å²) < 4.78 is 0. The van der Waals surface area contributed by atoms with Crippen molar-refractivity contribution in [2.24, 2.45) is 17.4 Å². The van der Waals surface area contributed by atoms with E-state index in [1.807, 2.05) is 42.5 Å². The lowest BCUT2D eigenvalue weighted by Crippen LogP contribution is -2.62. The highest BCUT2D eigenvalue weighted by atomic mass is 35.5. The van der Waals surface area contributed by atoms with Gasteiger partial charge in [-0.05, 0) is 140 Å². The van der Waals surface area contributed by atoms with Crippen molar-refractivity contribution in [3.8, 4) is 5.75 Å². The van der Waals surface area contributed by atoms with Crippen molar-refractivity contribution in [3.63, 3.8) is 0 Å². The molecule has 4 aromatic carbocycles. The number of amides is 13. The number of aliphatic hydroxyl groups excluding tert-OH is 4. The van der Waals surface area contributed by atoms with Crippen LogP contribution in [0.15, 0.2) is 127 Å². The van der Waals surface area contributed by atoms with Crippen LogP contribution in [0.1, 0.15) is 114 Å². The number of unbranched alkanes of at least 4 members (excludes halogenated alkanes) is 1. The largest absolute Gasteiger partial charge is 0.508 e. The summed E-state index contributed by atoms with van der Waals surface area (Å²) in [5.74, 6) is -11.2. The van der Waals surface area contributed by atoms with Crippen molar-refractivity contribution in [3.05, 3.63) is 154 Å². The van der Waals surface area contributed by atoms with E-state index in [4.69, 9.17) is 28.5 Å². The second-order valence-corrected chi connectivity index (χ2v) is 30.7. The number of nitrogens with zero attached hydrogens (tertiary/aromatic N) is 4. The zero-order valence-electron chi connectivity index (χ0n) is 66.3. The number of pyridine rings is 1. The number of likely N-dealkylation sites (tertiary alicyclic amines) is 2. The fourth-order valence-electron chi connectivity index (χ4n) is 14.2. The van der Waals surface area contributed by atoms with Gasteiger partial charge in [0.1, 0.15) is 78.4 Å². The molecule has 0 saturated carbocycles. The van der Waals surface area contributed by atoms with E-state index in [1.54, 1.807) is 50.2 Å². The molecule has 36 heteroatoms. The maximum Gasteiger partial charge on any atom is 0.247 e. The van der Waals surface area contributed by atoms with Crippen LogP contribution in [0.3, 0.4) is 0 Å². The molecule has 13 atom stereocenters. The molecule has 13 amide bonds. The van der Waals surface area contributed by atoms with Gasteiger partial charge >= 0.3 is 0 Å². The number of nitrogens with one attached hydrogen (secondary N) is 11. The van der Waals surface area contributed by atoms with Gasteiger partial charge in [0.15, 0.2) is 5.96 Å². The van der Waals surface area contributed by atoms with Gasteiger partial charge in [-0.3, -0.25) is 72.7 Å². The molecular formula is C82H108ClN17O18. The number of guanidine groups is 1. The Bertz CT molecular complexity index is 4410. The van der Waals surface area contributed by atoms with Gasteiger partial charge in [-0.2, -0.15) is 0 Å². The number of benzene rings is 4. The molecule has 1 aromatic heterocycles. The number of halogens is 1. The molecule has 0 bridgehead atoms. The zero-order chi connectivity index (χ0) is 85.9. The monoisotopic (exact) mass is 1650 g/mol. The van der Waals surface area contributed by atoms with E-state index in [9.17, 15) is 63.9 Å². The third-order valence-corrected chi connectivity index (χ3v) is 21.0. The molecule has 2 saturated heterocycles. The van der Waals surface area contributed by atoms with Crippen LogP contribution in [0.25, 0.3) is 10.8 Å². The maximum absolute atomic E-state index is 15.4. The summed E-state index contributed by atoms with van der Waals surface area (Å²) in [6.07, 6.45) is -0.302. The highest BCUT2D eigenvalue weighted by Crippen LogP contribution is 2.26. The quantitative estimate of drug-likeness (QED) is 0.0123. The highest BCUT2D eigenvalue weighted by molar-refractivity contribution is 6.30. The first-order valence-electron chi connectivity index (χ1n) is 39.4. The number of aromatic hydroxyl groups is 1. The van der Waals surface area contributed by atoms with E-state index in [-0.39, 0.29) is 139 Å². The molecule has 118 heavy (non-hydrogen) atoms. The summed E-state index contributed by atoms with van der Waals surface area (Å²) in [7, 11) is 1.20. The SMILES string of the molecule is CC(C)CC(NC(=O)C(CCCCNC(=O)CNC(=O)C1=CC(O)C(O)C(O)C1)NC(=O)C(Cc1ccc(O)cc1)N(C)C(=O)C(CO)NC(=O)C(Cc1cccnc1)NC(=O)C(Cc1ccc(Cl)cc1)NC(=O)C(Cc1ccc2ccccc2c1)N1CCCC1=O)C(=O)NC(CCCNC(=N)N)C(=O)N1CCCC1C(=O)NC(C)C(N)=O. The number of likely N-dealkylation sites (N-methyl/N-ethyl adjacent to an activating group) is 1. The highest BCUT2D eigenvalue weighted by Gasteiger charge is 2.42. The number of hydrogen-bond acceptors (Lipinski definition) is 20. The maximum atomic E-state index is 15.4. The number of carbonyl (C=O) groups is 13. The Morgan fingerprint density at radius 1 is 0.627 bits per heavy atom. The van der Waals surface area contributed by atoms with Crippen molar-refractivity contribution in [1.82, 2.24) is 72.9 Å². The topological polar surface area (TPSA) is 542 Å². The van der Waals surface area contributed by atoms with E-state index in [0.717, 1.165) is 27.3 Å². The van der Waals surface area contributed by atoms with Gasteiger partial charge in [-0.1, -0.05) is 98.2 Å². The third kappa shape index (κ3) is 27.2. The Morgan fingerprint density at radius 2 is 1.23 bits per heavy atom. The Labute approximate surface area is 687 Å². The molecule has 5 aromatic rings. The Kier molecular flexibility index (Phi) is 34.7. The van der Waals surface area contributed by atoms with Crippen molar-refractivity contribution >= 4 is 105 Å². The van der Waals surface area contributed by atoms with Crippen LogP contribution in [0.4, 0.5) is 0 Å².